The molecule has 3 atom stereocenters. The van der Waals surface area contributed by atoms with Crippen LogP contribution >= 0.6 is 11.6 Å². The second-order valence-electron chi connectivity index (χ2n) is 5.12. The van der Waals surface area contributed by atoms with Gasteiger partial charge in [0.25, 0.3) is 0 Å². The van der Waals surface area contributed by atoms with E-state index < -0.39 is 0 Å². The van der Waals surface area contributed by atoms with Gasteiger partial charge in [-0.1, -0.05) is 44.0 Å². The standard InChI is InChI=1S/C16H23ClO2/c1-3-4-7-10-18-12(2)19-16-14-9-6-5-8-13(14)11-15(16)17/h5-6,8-9,12,15-16H,3-4,7,10-11H2,1-2H3. The molecule has 0 saturated carbocycles. The molecule has 0 radical (unpaired) electrons. The van der Waals surface area contributed by atoms with Crippen LogP contribution in [-0.4, -0.2) is 18.3 Å². The number of benzene rings is 1. The van der Waals surface area contributed by atoms with E-state index in [9.17, 15) is 0 Å². The Labute approximate surface area is 121 Å². The predicted octanol–water partition coefficient (Wildman–Crippen LogP) is 4.46. The Bertz CT molecular complexity index is 394. The average molecular weight is 283 g/mol. The molecule has 0 amide bonds. The molecule has 19 heavy (non-hydrogen) atoms. The van der Waals surface area contributed by atoms with Crippen LogP contribution < -0.4 is 0 Å². The molecule has 0 heterocycles. The van der Waals surface area contributed by atoms with Gasteiger partial charge >= 0.3 is 0 Å². The van der Waals surface area contributed by atoms with Crippen LogP contribution in [0, 0.1) is 0 Å². The van der Waals surface area contributed by atoms with Crippen LogP contribution in [0.3, 0.4) is 0 Å². The number of alkyl halides is 1. The fourth-order valence-electron chi connectivity index (χ4n) is 2.52. The van der Waals surface area contributed by atoms with Crippen molar-refractivity contribution in [3.63, 3.8) is 0 Å². The van der Waals surface area contributed by atoms with Gasteiger partial charge in [0.15, 0.2) is 6.29 Å². The zero-order valence-electron chi connectivity index (χ0n) is 11.8. The molecule has 3 heteroatoms. The number of unbranched alkanes of at least 4 members (excludes halogenated alkanes) is 2. The molecule has 0 fully saturated rings. The fourth-order valence-corrected chi connectivity index (χ4v) is 2.88. The van der Waals surface area contributed by atoms with Crippen LogP contribution in [-0.2, 0) is 15.9 Å². The summed E-state index contributed by atoms with van der Waals surface area (Å²) in [7, 11) is 0. The van der Waals surface area contributed by atoms with Gasteiger partial charge in [-0.05, 0) is 30.9 Å². The van der Waals surface area contributed by atoms with Crippen molar-refractivity contribution in [1.29, 1.82) is 0 Å². The summed E-state index contributed by atoms with van der Waals surface area (Å²) in [6.07, 6.45) is 4.14. The lowest BCUT2D eigenvalue weighted by atomic mass is 10.1. The molecule has 0 aromatic heterocycles. The van der Waals surface area contributed by atoms with E-state index >= 15 is 0 Å². The van der Waals surface area contributed by atoms with Crippen LogP contribution in [0.2, 0.25) is 0 Å². The molecular formula is C16H23ClO2. The van der Waals surface area contributed by atoms with E-state index in [1.54, 1.807) is 0 Å². The van der Waals surface area contributed by atoms with E-state index in [4.69, 9.17) is 21.1 Å². The smallest absolute Gasteiger partial charge is 0.155 e. The second kappa shape index (κ2) is 7.28. The van der Waals surface area contributed by atoms with E-state index in [1.165, 1.54) is 24.0 Å². The van der Waals surface area contributed by atoms with E-state index in [1.807, 2.05) is 13.0 Å². The first-order chi connectivity index (χ1) is 9.22. The van der Waals surface area contributed by atoms with Gasteiger partial charge in [0.1, 0.15) is 6.10 Å². The number of rotatable bonds is 7. The normalized spacial score (nSPS) is 23.3. The van der Waals surface area contributed by atoms with Crippen molar-refractivity contribution in [3.8, 4) is 0 Å². The highest BCUT2D eigenvalue weighted by Gasteiger charge is 2.32. The molecule has 0 aliphatic heterocycles. The minimum Gasteiger partial charge on any atom is -0.353 e. The van der Waals surface area contributed by atoms with Crippen molar-refractivity contribution in [2.75, 3.05) is 6.61 Å². The van der Waals surface area contributed by atoms with Crippen molar-refractivity contribution in [1.82, 2.24) is 0 Å². The van der Waals surface area contributed by atoms with Gasteiger partial charge in [-0.3, -0.25) is 0 Å². The summed E-state index contributed by atoms with van der Waals surface area (Å²) < 4.78 is 11.7. The third-order valence-corrected chi connectivity index (χ3v) is 3.93. The summed E-state index contributed by atoms with van der Waals surface area (Å²) >= 11 is 6.39. The zero-order valence-corrected chi connectivity index (χ0v) is 12.5. The van der Waals surface area contributed by atoms with Gasteiger partial charge in [-0.2, -0.15) is 0 Å². The summed E-state index contributed by atoms with van der Waals surface area (Å²) in [6, 6.07) is 8.32. The first-order valence-electron chi connectivity index (χ1n) is 7.21. The van der Waals surface area contributed by atoms with Crippen molar-refractivity contribution in [2.45, 2.75) is 57.3 Å². The minimum atomic E-state index is -0.200. The lowest BCUT2D eigenvalue weighted by Crippen LogP contribution is -2.21. The summed E-state index contributed by atoms with van der Waals surface area (Å²) in [4.78, 5) is 0. The maximum atomic E-state index is 6.39. The number of fused-ring (bicyclic) bond motifs is 1. The summed E-state index contributed by atoms with van der Waals surface area (Å²) in [5.74, 6) is 0. The Balaban J connectivity index is 1.85. The van der Waals surface area contributed by atoms with E-state index in [0.29, 0.717) is 0 Å². The second-order valence-corrected chi connectivity index (χ2v) is 5.68. The van der Waals surface area contributed by atoms with Crippen molar-refractivity contribution >= 4 is 11.6 Å². The first kappa shape index (κ1) is 14.8. The molecule has 1 aromatic carbocycles. The molecule has 2 nitrogen and oxygen atoms in total. The quantitative estimate of drug-likeness (QED) is 0.418. The summed E-state index contributed by atoms with van der Waals surface area (Å²) in [5.41, 5.74) is 2.51. The largest absolute Gasteiger partial charge is 0.353 e. The summed E-state index contributed by atoms with van der Waals surface area (Å²) in [5, 5.41) is 0.0130. The Morgan fingerprint density at radius 3 is 2.89 bits per heavy atom. The Morgan fingerprint density at radius 2 is 2.11 bits per heavy atom. The topological polar surface area (TPSA) is 18.5 Å². The van der Waals surface area contributed by atoms with Crippen LogP contribution in [0.1, 0.15) is 50.3 Å². The Morgan fingerprint density at radius 1 is 1.32 bits per heavy atom. The average Bonchev–Trinajstić information content (AvgIpc) is 2.72. The van der Waals surface area contributed by atoms with Crippen molar-refractivity contribution in [2.24, 2.45) is 0 Å². The van der Waals surface area contributed by atoms with Gasteiger partial charge in [-0.25, -0.2) is 0 Å². The van der Waals surface area contributed by atoms with Gasteiger partial charge in [-0.15, -0.1) is 11.6 Å². The van der Waals surface area contributed by atoms with E-state index in [0.717, 1.165) is 19.4 Å². The van der Waals surface area contributed by atoms with Crippen LogP contribution in [0.25, 0.3) is 0 Å². The van der Waals surface area contributed by atoms with Gasteiger partial charge < -0.3 is 9.47 Å². The lowest BCUT2D eigenvalue weighted by molar-refractivity contribution is -0.160. The number of hydrogen-bond donors (Lipinski definition) is 0. The van der Waals surface area contributed by atoms with Crippen molar-refractivity contribution < 1.29 is 9.47 Å². The van der Waals surface area contributed by atoms with Crippen molar-refractivity contribution in [3.05, 3.63) is 35.4 Å². The van der Waals surface area contributed by atoms with Gasteiger partial charge in [0.2, 0.25) is 0 Å². The molecule has 0 bridgehead atoms. The highest BCUT2D eigenvalue weighted by atomic mass is 35.5. The monoisotopic (exact) mass is 282 g/mol. The third-order valence-electron chi connectivity index (χ3n) is 3.54. The van der Waals surface area contributed by atoms with Gasteiger partial charge in [0.05, 0.1) is 5.38 Å². The maximum Gasteiger partial charge on any atom is 0.155 e. The molecule has 1 aromatic rings. The molecule has 0 spiro atoms. The highest BCUT2D eigenvalue weighted by molar-refractivity contribution is 6.21. The first-order valence-corrected chi connectivity index (χ1v) is 7.65. The Kier molecular flexibility index (Phi) is 5.68. The molecule has 3 unspecified atom stereocenters. The maximum absolute atomic E-state index is 6.39. The predicted molar refractivity (Wildman–Crippen MR) is 78.6 cm³/mol. The highest BCUT2D eigenvalue weighted by Crippen LogP contribution is 2.38. The minimum absolute atomic E-state index is 0.0130. The zero-order chi connectivity index (χ0) is 13.7. The number of ether oxygens (including phenoxy) is 2. The van der Waals surface area contributed by atoms with Gasteiger partial charge in [0, 0.05) is 6.61 Å². The van der Waals surface area contributed by atoms with E-state index in [2.05, 4.69) is 25.1 Å². The van der Waals surface area contributed by atoms with Crippen LogP contribution in [0.4, 0.5) is 0 Å². The van der Waals surface area contributed by atoms with Crippen LogP contribution in [0.15, 0.2) is 24.3 Å². The number of hydrogen-bond acceptors (Lipinski definition) is 2. The molecule has 1 aliphatic rings. The SMILES string of the molecule is CCCCCOC(C)OC1c2ccccc2CC1Cl. The fraction of sp³-hybridized carbons (Fsp3) is 0.625. The van der Waals surface area contributed by atoms with E-state index in [-0.39, 0.29) is 17.8 Å². The Hall–Kier alpha value is -0.570. The molecule has 106 valence electrons. The molecule has 1 aliphatic carbocycles. The number of halogens is 1. The third kappa shape index (κ3) is 3.95. The molecular weight excluding hydrogens is 260 g/mol. The molecule has 0 saturated heterocycles. The lowest BCUT2D eigenvalue weighted by Gasteiger charge is -2.22. The molecule has 2 rings (SSSR count). The van der Waals surface area contributed by atoms with Crippen LogP contribution in [0.5, 0.6) is 0 Å². The summed E-state index contributed by atoms with van der Waals surface area (Å²) in [6.45, 7) is 4.90. The molecule has 0 N–H and O–H groups in total.